The van der Waals surface area contributed by atoms with Crippen LogP contribution in [-0.4, -0.2) is 13.7 Å². The van der Waals surface area contributed by atoms with Gasteiger partial charge in [-0.05, 0) is 25.3 Å². The van der Waals surface area contributed by atoms with Crippen LogP contribution in [0.25, 0.3) is 0 Å². The summed E-state index contributed by atoms with van der Waals surface area (Å²) < 4.78 is 33.3. The molecule has 1 atom stereocenters. The van der Waals surface area contributed by atoms with Gasteiger partial charge in [0.15, 0.2) is 0 Å². The average Bonchev–Trinajstić information content (AvgIpc) is 2.97. The molecule has 0 spiro atoms. The summed E-state index contributed by atoms with van der Waals surface area (Å²) in [6, 6.07) is 2.26. The van der Waals surface area contributed by atoms with Crippen molar-refractivity contribution in [1.82, 2.24) is 5.32 Å². The molecular formula is C17H25F2NO. The number of benzene rings is 1. The van der Waals surface area contributed by atoms with Gasteiger partial charge in [0, 0.05) is 23.7 Å². The van der Waals surface area contributed by atoms with Crippen molar-refractivity contribution >= 4 is 0 Å². The molecule has 21 heavy (non-hydrogen) atoms. The summed E-state index contributed by atoms with van der Waals surface area (Å²) in [5.74, 6) is -0.108. The molecule has 1 N–H and O–H groups in total. The quantitative estimate of drug-likeness (QED) is 0.794. The van der Waals surface area contributed by atoms with Gasteiger partial charge in [-0.3, -0.25) is 0 Å². The van der Waals surface area contributed by atoms with E-state index in [1.54, 1.807) is 0 Å². The van der Waals surface area contributed by atoms with E-state index >= 15 is 0 Å². The fourth-order valence-corrected chi connectivity index (χ4v) is 3.31. The number of hydrogen-bond acceptors (Lipinski definition) is 2. The van der Waals surface area contributed by atoms with Crippen molar-refractivity contribution < 1.29 is 13.5 Å². The normalized spacial score (nSPS) is 17.1. The van der Waals surface area contributed by atoms with Crippen molar-refractivity contribution in [2.75, 3.05) is 13.7 Å². The van der Waals surface area contributed by atoms with Crippen LogP contribution >= 0.6 is 0 Å². The Labute approximate surface area is 125 Å². The maximum absolute atomic E-state index is 14.2. The summed E-state index contributed by atoms with van der Waals surface area (Å²) in [5, 5.41) is 3.22. The van der Waals surface area contributed by atoms with E-state index in [-0.39, 0.29) is 17.4 Å². The highest BCUT2D eigenvalue weighted by Crippen LogP contribution is 2.33. The Morgan fingerprint density at radius 1 is 1.24 bits per heavy atom. The number of halogens is 2. The zero-order valence-electron chi connectivity index (χ0n) is 12.9. The van der Waals surface area contributed by atoms with Gasteiger partial charge in [0.2, 0.25) is 0 Å². The molecule has 1 unspecified atom stereocenters. The first kappa shape index (κ1) is 16.2. The van der Waals surface area contributed by atoms with Crippen LogP contribution in [0.5, 0.6) is 5.75 Å². The topological polar surface area (TPSA) is 21.3 Å². The van der Waals surface area contributed by atoms with Crippen molar-refractivity contribution in [3.8, 4) is 5.75 Å². The van der Waals surface area contributed by atoms with Crippen molar-refractivity contribution in [3.63, 3.8) is 0 Å². The van der Waals surface area contributed by atoms with Crippen LogP contribution < -0.4 is 10.1 Å². The fourth-order valence-electron chi connectivity index (χ4n) is 3.31. The van der Waals surface area contributed by atoms with Gasteiger partial charge in [-0.15, -0.1) is 0 Å². The molecule has 0 aromatic heterocycles. The van der Waals surface area contributed by atoms with Crippen LogP contribution in [0.15, 0.2) is 12.1 Å². The SMILES string of the molecule is CCNC(CCC1CCCC1)c1c(F)cc(OC)cc1F. The first-order chi connectivity index (χ1) is 10.2. The summed E-state index contributed by atoms with van der Waals surface area (Å²) in [4.78, 5) is 0. The molecule has 1 aromatic carbocycles. The second kappa shape index (κ2) is 7.74. The largest absolute Gasteiger partial charge is 0.497 e. The van der Waals surface area contributed by atoms with Gasteiger partial charge in [-0.25, -0.2) is 8.78 Å². The van der Waals surface area contributed by atoms with Gasteiger partial charge in [0.25, 0.3) is 0 Å². The van der Waals surface area contributed by atoms with Crippen molar-refractivity contribution in [1.29, 1.82) is 0 Å². The Balaban J connectivity index is 2.12. The van der Waals surface area contributed by atoms with E-state index in [4.69, 9.17) is 4.74 Å². The maximum Gasteiger partial charge on any atom is 0.134 e. The van der Waals surface area contributed by atoms with Crippen LogP contribution in [0.4, 0.5) is 8.78 Å². The van der Waals surface area contributed by atoms with Gasteiger partial charge in [-0.1, -0.05) is 32.6 Å². The van der Waals surface area contributed by atoms with Crippen molar-refractivity contribution in [2.24, 2.45) is 5.92 Å². The van der Waals surface area contributed by atoms with E-state index in [1.165, 1.54) is 44.9 Å². The summed E-state index contributed by atoms with van der Waals surface area (Å²) in [7, 11) is 1.41. The highest BCUT2D eigenvalue weighted by atomic mass is 19.1. The molecule has 1 aliphatic carbocycles. The monoisotopic (exact) mass is 297 g/mol. The lowest BCUT2D eigenvalue weighted by Crippen LogP contribution is -2.23. The number of ether oxygens (including phenoxy) is 1. The van der Waals surface area contributed by atoms with E-state index in [1.807, 2.05) is 6.92 Å². The third kappa shape index (κ3) is 4.16. The molecule has 4 heteroatoms. The molecular weight excluding hydrogens is 272 g/mol. The van der Waals surface area contributed by atoms with Crippen LogP contribution in [0.1, 0.15) is 57.1 Å². The predicted octanol–water partition coefficient (Wildman–Crippen LogP) is 4.59. The summed E-state index contributed by atoms with van der Waals surface area (Å²) in [6.45, 7) is 2.65. The fraction of sp³-hybridized carbons (Fsp3) is 0.647. The van der Waals surface area contributed by atoms with Crippen LogP contribution in [0, 0.1) is 17.6 Å². The van der Waals surface area contributed by atoms with E-state index in [2.05, 4.69) is 5.32 Å². The molecule has 1 saturated carbocycles. The molecule has 2 rings (SSSR count). The van der Waals surface area contributed by atoms with Gasteiger partial charge in [0.1, 0.15) is 17.4 Å². The zero-order valence-corrected chi connectivity index (χ0v) is 12.9. The summed E-state index contributed by atoms with van der Waals surface area (Å²) >= 11 is 0. The smallest absolute Gasteiger partial charge is 0.134 e. The molecule has 0 heterocycles. The minimum absolute atomic E-state index is 0.149. The Hall–Kier alpha value is -1.16. The second-order valence-electron chi connectivity index (χ2n) is 5.84. The van der Waals surface area contributed by atoms with Crippen LogP contribution in [0.3, 0.4) is 0 Å². The minimum atomic E-state index is -0.524. The predicted molar refractivity (Wildman–Crippen MR) is 80.5 cm³/mol. The first-order valence-corrected chi connectivity index (χ1v) is 7.92. The van der Waals surface area contributed by atoms with E-state index in [9.17, 15) is 8.78 Å². The summed E-state index contributed by atoms with van der Waals surface area (Å²) in [6.07, 6.45) is 6.91. The highest BCUT2D eigenvalue weighted by Gasteiger charge is 2.23. The molecule has 0 aliphatic heterocycles. The minimum Gasteiger partial charge on any atom is -0.497 e. The molecule has 1 fully saturated rings. The molecule has 1 aromatic rings. The van der Waals surface area contributed by atoms with Crippen molar-refractivity contribution in [3.05, 3.63) is 29.3 Å². The molecule has 0 saturated heterocycles. The lowest BCUT2D eigenvalue weighted by molar-refractivity contribution is 0.384. The number of methoxy groups -OCH3 is 1. The van der Waals surface area contributed by atoms with Gasteiger partial charge >= 0.3 is 0 Å². The highest BCUT2D eigenvalue weighted by molar-refractivity contribution is 5.32. The summed E-state index contributed by atoms with van der Waals surface area (Å²) in [5.41, 5.74) is 0.149. The molecule has 0 radical (unpaired) electrons. The van der Waals surface area contributed by atoms with Gasteiger partial charge in [-0.2, -0.15) is 0 Å². The molecule has 0 amide bonds. The molecule has 2 nitrogen and oxygen atoms in total. The van der Waals surface area contributed by atoms with Gasteiger partial charge < -0.3 is 10.1 Å². The number of rotatable bonds is 7. The van der Waals surface area contributed by atoms with Crippen LogP contribution in [0.2, 0.25) is 0 Å². The number of nitrogens with one attached hydrogen (secondary N) is 1. The average molecular weight is 297 g/mol. The first-order valence-electron chi connectivity index (χ1n) is 7.92. The Kier molecular flexibility index (Phi) is 5.97. The van der Waals surface area contributed by atoms with Crippen LogP contribution in [-0.2, 0) is 0 Å². The maximum atomic E-state index is 14.2. The lowest BCUT2D eigenvalue weighted by atomic mass is 9.94. The zero-order chi connectivity index (χ0) is 15.2. The van der Waals surface area contributed by atoms with Crippen molar-refractivity contribution in [2.45, 2.75) is 51.5 Å². The third-order valence-electron chi connectivity index (χ3n) is 4.43. The molecule has 0 bridgehead atoms. The Bertz CT molecular complexity index is 435. The Morgan fingerprint density at radius 2 is 1.86 bits per heavy atom. The van der Waals surface area contributed by atoms with E-state index in [0.29, 0.717) is 6.54 Å². The molecule has 1 aliphatic rings. The third-order valence-corrected chi connectivity index (χ3v) is 4.43. The standard InChI is InChI=1S/C17H25F2NO/c1-3-20-16(9-8-12-6-4-5-7-12)17-14(18)10-13(21-2)11-15(17)19/h10-12,16,20H,3-9H2,1-2H3. The second-order valence-corrected chi connectivity index (χ2v) is 5.84. The molecule has 118 valence electrons. The lowest BCUT2D eigenvalue weighted by Gasteiger charge is -2.21. The van der Waals surface area contributed by atoms with E-state index in [0.717, 1.165) is 18.8 Å². The van der Waals surface area contributed by atoms with E-state index < -0.39 is 11.6 Å². The Morgan fingerprint density at radius 3 is 2.38 bits per heavy atom. The number of hydrogen-bond donors (Lipinski definition) is 1. The van der Waals surface area contributed by atoms with Gasteiger partial charge in [0.05, 0.1) is 7.11 Å².